The zero-order valence-corrected chi connectivity index (χ0v) is 22.1. The SMILES string of the molecule is CCC(c1cccc(C)n1)N1C(=O)C(C)(CC(=O)O)CC(c2cccc(Cl)c2)C1c1ccc(Cl)cc1. The molecular weight excluding hydrogens is 495 g/mol. The van der Waals surface area contributed by atoms with E-state index >= 15 is 0 Å². The number of carboxylic acids is 1. The summed E-state index contributed by atoms with van der Waals surface area (Å²) in [5.41, 5.74) is 2.44. The molecule has 0 bridgehead atoms. The molecular formula is C29H30Cl2N2O3. The summed E-state index contributed by atoms with van der Waals surface area (Å²) in [4.78, 5) is 32.9. The third-order valence-corrected chi connectivity index (χ3v) is 7.59. The van der Waals surface area contributed by atoms with Crippen LogP contribution >= 0.6 is 23.2 Å². The second-order valence-electron chi connectivity index (χ2n) is 9.83. The number of hydrogen-bond acceptors (Lipinski definition) is 3. The summed E-state index contributed by atoms with van der Waals surface area (Å²) in [7, 11) is 0. The summed E-state index contributed by atoms with van der Waals surface area (Å²) >= 11 is 12.6. The highest BCUT2D eigenvalue weighted by molar-refractivity contribution is 6.30. The Balaban J connectivity index is 1.96. The molecule has 0 radical (unpaired) electrons. The topological polar surface area (TPSA) is 70.5 Å². The lowest BCUT2D eigenvalue weighted by molar-refractivity contribution is -0.161. The van der Waals surface area contributed by atoms with E-state index in [9.17, 15) is 14.7 Å². The molecule has 0 saturated carbocycles. The van der Waals surface area contributed by atoms with E-state index in [0.717, 1.165) is 22.5 Å². The smallest absolute Gasteiger partial charge is 0.304 e. The molecule has 0 aliphatic carbocycles. The van der Waals surface area contributed by atoms with Gasteiger partial charge in [-0.25, -0.2) is 0 Å². The zero-order valence-electron chi connectivity index (χ0n) is 20.6. The molecule has 2 heterocycles. The Bertz CT molecular complexity index is 1260. The van der Waals surface area contributed by atoms with Crippen LogP contribution in [0.15, 0.2) is 66.7 Å². The highest BCUT2D eigenvalue weighted by atomic mass is 35.5. The van der Waals surface area contributed by atoms with Crippen LogP contribution in [0.25, 0.3) is 0 Å². The van der Waals surface area contributed by atoms with Crippen LogP contribution in [0.5, 0.6) is 0 Å². The normalized spacial score (nSPS) is 22.9. The molecule has 1 N–H and O–H groups in total. The van der Waals surface area contributed by atoms with Crippen LogP contribution in [0.4, 0.5) is 0 Å². The van der Waals surface area contributed by atoms with Gasteiger partial charge in [-0.05, 0) is 67.3 Å². The van der Waals surface area contributed by atoms with Gasteiger partial charge in [0.15, 0.2) is 0 Å². The van der Waals surface area contributed by atoms with Crippen LogP contribution in [0.1, 0.15) is 73.6 Å². The van der Waals surface area contributed by atoms with E-state index in [-0.39, 0.29) is 30.3 Å². The number of aryl methyl sites for hydroxylation is 1. The van der Waals surface area contributed by atoms with Crippen molar-refractivity contribution in [2.75, 3.05) is 0 Å². The Kier molecular flexibility index (Phi) is 7.72. The van der Waals surface area contributed by atoms with E-state index in [1.807, 2.05) is 85.5 Å². The maximum Gasteiger partial charge on any atom is 0.304 e. The molecule has 3 aromatic rings. The first-order valence-electron chi connectivity index (χ1n) is 12.1. The minimum absolute atomic E-state index is 0.182. The molecule has 188 valence electrons. The van der Waals surface area contributed by atoms with Crippen LogP contribution in [0.2, 0.25) is 10.0 Å². The molecule has 36 heavy (non-hydrogen) atoms. The Labute approximate surface area is 222 Å². The number of carbonyl (C=O) groups excluding carboxylic acids is 1. The number of halogens is 2. The zero-order chi connectivity index (χ0) is 26.0. The molecule has 7 heteroatoms. The number of carbonyl (C=O) groups is 2. The predicted molar refractivity (Wildman–Crippen MR) is 142 cm³/mol. The lowest BCUT2D eigenvalue weighted by Gasteiger charge is -2.51. The van der Waals surface area contributed by atoms with Crippen molar-refractivity contribution in [1.82, 2.24) is 9.88 Å². The van der Waals surface area contributed by atoms with Crippen molar-refractivity contribution in [1.29, 1.82) is 0 Å². The van der Waals surface area contributed by atoms with Crippen molar-refractivity contribution < 1.29 is 14.7 Å². The first-order chi connectivity index (χ1) is 17.1. The Hall–Kier alpha value is -2.89. The monoisotopic (exact) mass is 524 g/mol. The van der Waals surface area contributed by atoms with Gasteiger partial charge in [0.2, 0.25) is 5.91 Å². The summed E-state index contributed by atoms with van der Waals surface area (Å²) < 4.78 is 0. The number of pyridine rings is 1. The number of aliphatic carboxylic acids is 1. The summed E-state index contributed by atoms with van der Waals surface area (Å²) in [6.07, 6.45) is 0.738. The van der Waals surface area contributed by atoms with Crippen molar-refractivity contribution in [2.24, 2.45) is 5.41 Å². The van der Waals surface area contributed by atoms with Crippen LogP contribution < -0.4 is 0 Å². The Morgan fingerprint density at radius 3 is 2.39 bits per heavy atom. The lowest BCUT2D eigenvalue weighted by atomic mass is 9.67. The average Bonchev–Trinajstić information content (AvgIpc) is 2.82. The average molecular weight is 525 g/mol. The van der Waals surface area contributed by atoms with E-state index in [4.69, 9.17) is 28.2 Å². The van der Waals surface area contributed by atoms with Gasteiger partial charge in [0.05, 0.1) is 29.6 Å². The number of rotatable bonds is 7. The minimum atomic E-state index is -1.10. The third kappa shape index (κ3) is 5.28. The number of benzene rings is 2. The fourth-order valence-electron chi connectivity index (χ4n) is 5.52. The van der Waals surface area contributed by atoms with Crippen LogP contribution in [-0.4, -0.2) is 26.9 Å². The number of likely N-dealkylation sites (tertiary alicyclic amines) is 1. The molecule has 1 aromatic heterocycles. The molecule has 4 rings (SSSR count). The van der Waals surface area contributed by atoms with Gasteiger partial charge in [-0.1, -0.05) is 67.4 Å². The van der Waals surface area contributed by atoms with Crippen molar-refractivity contribution in [3.63, 3.8) is 0 Å². The van der Waals surface area contributed by atoms with Gasteiger partial charge in [0.25, 0.3) is 0 Å². The summed E-state index contributed by atoms with van der Waals surface area (Å²) in [5, 5.41) is 11.0. The number of piperidine rings is 1. The van der Waals surface area contributed by atoms with Gasteiger partial charge in [-0.3, -0.25) is 14.6 Å². The van der Waals surface area contributed by atoms with Crippen molar-refractivity contribution in [3.05, 3.63) is 99.3 Å². The summed E-state index contributed by atoms with van der Waals surface area (Å²) in [6.45, 7) is 5.72. The molecule has 1 aliphatic heterocycles. The van der Waals surface area contributed by atoms with Gasteiger partial charge in [0, 0.05) is 21.7 Å². The Morgan fingerprint density at radius 1 is 1.08 bits per heavy atom. The van der Waals surface area contributed by atoms with Gasteiger partial charge in [-0.2, -0.15) is 0 Å². The van der Waals surface area contributed by atoms with E-state index < -0.39 is 11.4 Å². The van der Waals surface area contributed by atoms with Crippen LogP contribution in [0, 0.1) is 12.3 Å². The van der Waals surface area contributed by atoms with Crippen molar-refractivity contribution in [2.45, 2.75) is 58.0 Å². The van der Waals surface area contributed by atoms with E-state index in [1.54, 1.807) is 6.92 Å². The van der Waals surface area contributed by atoms with Gasteiger partial charge >= 0.3 is 5.97 Å². The second kappa shape index (κ2) is 10.6. The molecule has 4 atom stereocenters. The Morgan fingerprint density at radius 2 is 1.78 bits per heavy atom. The fourth-order valence-corrected chi connectivity index (χ4v) is 5.85. The predicted octanol–water partition coefficient (Wildman–Crippen LogP) is 7.39. The largest absolute Gasteiger partial charge is 0.481 e. The van der Waals surface area contributed by atoms with Gasteiger partial charge < -0.3 is 10.0 Å². The maximum atomic E-state index is 14.3. The standard InChI is InChI=1S/C29H30Cl2N2O3/c1-4-25(24-10-5-7-18(2)32-24)33-27(19-11-13-21(30)14-12-19)23(20-8-6-9-22(31)15-20)16-29(3,28(33)36)17-26(34)35/h5-15,23,25,27H,4,16-17H2,1-3H3,(H,34,35). The van der Waals surface area contributed by atoms with E-state index in [0.29, 0.717) is 22.9 Å². The fraction of sp³-hybridized carbons (Fsp3) is 0.345. The molecule has 1 amide bonds. The first-order valence-corrected chi connectivity index (χ1v) is 12.9. The van der Waals surface area contributed by atoms with Gasteiger partial charge in [-0.15, -0.1) is 0 Å². The third-order valence-electron chi connectivity index (χ3n) is 7.11. The molecule has 5 nitrogen and oxygen atoms in total. The number of carboxylic acid groups (broad SMARTS) is 1. The van der Waals surface area contributed by atoms with Gasteiger partial charge in [0.1, 0.15) is 0 Å². The summed E-state index contributed by atoms with van der Waals surface area (Å²) in [6, 6.07) is 20.3. The number of nitrogens with zero attached hydrogens (tertiary/aromatic N) is 2. The maximum absolute atomic E-state index is 14.3. The second-order valence-corrected chi connectivity index (χ2v) is 10.7. The first kappa shape index (κ1) is 26.2. The minimum Gasteiger partial charge on any atom is -0.481 e. The molecule has 1 saturated heterocycles. The highest BCUT2D eigenvalue weighted by Gasteiger charge is 2.52. The van der Waals surface area contributed by atoms with Crippen molar-refractivity contribution >= 4 is 35.1 Å². The number of amides is 1. The summed E-state index contributed by atoms with van der Waals surface area (Å²) in [5.74, 6) is -1.37. The quantitative estimate of drug-likeness (QED) is 0.349. The molecule has 2 aromatic carbocycles. The van der Waals surface area contributed by atoms with E-state index in [2.05, 4.69) is 0 Å². The molecule has 1 aliphatic rings. The van der Waals surface area contributed by atoms with Crippen LogP contribution in [-0.2, 0) is 9.59 Å². The number of aromatic nitrogens is 1. The molecule has 4 unspecified atom stereocenters. The molecule has 1 fully saturated rings. The van der Waals surface area contributed by atoms with Crippen LogP contribution in [0.3, 0.4) is 0 Å². The highest BCUT2D eigenvalue weighted by Crippen LogP contribution is 2.54. The lowest BCUT2D eigenvalue weighted by Crippen LogP contribution is -2.53. The molecule has 0 spiro atoms. The number of hydrogen-bond donors (Lipinski definition) is 1. The van der Waals surface area contributed by atoms with Crippen molar-refractivity contribution in [3.8, 4) is 0 Å². The van der Waals surface area contributed by atoms with E-state index in [1.165, 1.54) is 0 Å².